The van der Waals surface area contributed by atoms with Crippen molar-refractivity contribution in [3.63, 3.8) is 0 Å². The molecule has 8 nitrogen and oxygen atoms in total. The molecular formula is C18H18FN5O3S. The molecule has 3 rings (SSSR count). The SMILES string of the molecule is CC(=O)NC[C@H]1CN(c2ccc(-c3nnc(CCCC#N)s3)c(F)c2)C(=O)O1. The molecule has 2 aromatic rings. The largest absolute Gasteiger partial charge is 0.442 e. The van der Waals surface area contributed by atoms with Crippen molar-refractivity contribution >= 4 is 29.0 Å². The van der Waals surface area contributed by atoms with E-state index in [0.717, 1.165) is 5.01 Å². The predicted octanol–water partition coefficient (Wildman–Crippen LogP) is 2.65. The normalized spacial score (nSPS) is 16.0. The first-order valence-corrected chi connectivity index (χ1v) is 9.51. The number of hydrogen-bond donors (Lipinski definition) is 1. The van der Waals surface area contributed by atoms with Crippen LogP contribution in [0.2, 0.25) is 0 Å². The number of carbonyl (C=O) groups excluding carboxylic acids is 2. The maximum absolute atomic E-state index is 14.6. The molecule has 0 spiro atoms. The van der Waals surface area contributed by atoms with Crippen LogP contribution in [0.1, 0.15) is 24.8 Å². The number of anilines is 1. The second kappa shape index (κ2) is 8.75. The number of nitrogens with one attached hydrogen (secondary N) is 1. The van der Waals surface area contributed by atoms with Crippen molar-refractivity contribution in [1.29, 1.82) is 5.26 Å². The summed E-state index contributed by atoms with van der Waals surface area (Å²) in [6.07, 6.45) is 0.674. The van der Waals surface area contributed by atoms with Crippen LogP contribution < -0.4 is 10.2 Å². The molecule has 1 aromatic carbocycles. The number of aryl methyl sites for hydroxylation is 1. The number of carbonyl (C=O) groups is 2. The number of benzene rings is 1. The average Bonchev–Trinajstić information content (AvgIpc) is 3.27. The van der Waals surface area contributed by atoms with Gasteiger partial charge in [0, 0.05) is 25.3 Å². The predicted molar refractivity (Wildman–Crippen MR) is 100 cm³/mol. The first kappa shape index (κ1) is 19.7. The lowest BCUT2D eigenvalue weighted by atomic mass is 10.2. The summed E-state index contributed by atoms with van der Waals surface area (Å²) in [6.45, 7) is 1.81. The Hall–Kier alpha value is -3.06. The topological polar surface area (TPSA) is 108 Å². The summed E-state index contributed by atoms with van der Waals surface area (Å²) in [5.41, 5.74) is 0.672. The monoisotopic (exact) mass is 403 g/mol. The van der Waals surface area contributed by atoms with Crippen molar-refractivity contribution in [3.8, 4) is 16.6 Å². The van der Waals surface area contributed by atoms with Gasteiger partial charge in [-0.2, -0.15) is 5.26 Å². The lowest BCUT2D eigenvalue weighted by Crippen LogP contribution is -2.33. The van der Waals surface area contributed by atoms with Gasteiger partial charge in [-0.3, -0.25) is 9.69 Å². The van der Waals surface area contributed by atoms with Gasteiger partial charge in [-0.05, 0) is 24.6 Å². The van der Waals surface area contributed by atoms with Crippen molar-refractivity contribution in [2.24, 2.45) is 0 Å². The van der Waals surface area contributed by atoms with Gasteiger partial charge in [0.15, 0.2) is 5.01 Å². The number of hydrogen-bond acceptors (Lipinski definition) is 7. The van der Waals surface area contributed by atoms with Crippen molar-refractivity contribution in [1.82, 2.24) is 15.5 Å². The molecule has 0 saturated carbocycles. The van der Waals surface area contributed by atoms with E-state index in [1.807, 2.05) is 0 Å². The average molecular weight is 403 g/mol. The summed E-state index contributed by atoms with van der Waals surface area (Å²) in [7, 11) is 0. The molecule has 28 heavy (non-hydrogen) atoms. The highest BCUT2D eigenvalue weighted by Crippen LogP contribution is 2.31. The number of cyclic esters (lactones) is 1. The summed E-state index contributed by atoms with van der Waals surface area (Å²) in [4.78, 5) is 24.4. The molecular weight excluding hydrogens is 385 g/mol. The third-order valence-corrected chi connectivity index (χ3v) is 5.11. The van der Waals surface area contributed by atoms with Crippen LogP contribution in [0.25, 0.3) is 10.6 Å². The van der Waals surface area contributed by atoms with E-state index in [1.54, 1.807) is 12.1 Å². The van der Waals surface area contributed by atoms with Crippen LogP contribution in [0, 0.1) is 17.1 Å². The fourth-order valence-corrected chi connectivity index (χ4v) is 3.63. The summed E-state index contributed by atoms with van der Waals surface area (Å²) in [5, 5.41) is 20.4. The number of aromatic nitrogens is 2. The second-order valence-electron chi connectivity index (χ2n) is 6.23. The highest BCUT2D eigenvalue weighted by molar-refractivity contribution is 7.14. The van der Waals surface area contributed by atoms with E-state index >= 15 is 0 Å². The number of halogens is 1. The molecule has 2 amide bonds. The van der Waals surface area contributed by atoms with Crippen LogP contribution in [0.4, 0.5) is 14.9 Å². The highest BCUT2D eigenvalue weighted by Gasteiger charge is 2.32. The molecule has 1 saturated heterocycles. The zero-order chi connectivity index (χ0) is 20.1. The van der Waals surface area contributed by atoms with Gasteiger partial charge >= 0.3 is 6.09 Å². The summed E-state index contributed by atoms with van der Waals surface area (Å²) in [5.74, 6) is -0.732. The Balaban J connectivity index is 1.70. The van der Waals surface area contributed by atoms with Crippen LogP contribution in [-0.2, 0) is 16.0 Å². The molecule has 10 heteroatoms. The fraction of sp³-hybridized carbons (Fsp3) is 0.389. The van der Waals surface area contributed by atoms with Gasteiger partial charge in [0.1, 0.15) is 16.9 Å². The van der Waals surface area contributed by atoms with Gasteiger partial charge in [0.05, 0.1) is 24.8 Å². The van der Waals surface area contributed by atoms with Gasteiger partial charge in [0.25, 0.3) is 0 Å². The Labute approximate surface area is 164 Å². The maximum Gasteiger partial charge on any atom is 0.414 e. The molecule has 0 unspecified atom stereocenters. The van der Waals surface area contributed by atoms with Gasteiger partial charge in [-0.1, -0.05) is 11.3 Å². The molecule has 2 heterocycles. The quantitative estimate of drug-likeness (QED) is 0.712. The third kappa shape index (κ3) is 4.61. The summed E-state index contributed by atoms with van der Waals surface area (Å²) >= 11 is 1.28. The van der Waals surface area contributed by atoms with E-state index < -0.39 is 18.0 Å². The minimum absolute atomic E-state index is 0.206. The minimum Gasteiger partial charge on any atom is -0.442 e. The van der Waals surface area contributed by atoms with Gasteiger partial charge < -0.3 is 10.1 Å². The molecule has 1 aromatic heterocycles. The molecule has 0 radical (unpaired) electrons. The number of unbranched alkanes of at least 4 members (excludes halogenated alkanes) is 1. The zero-order valence-electron chi connectivity index (χ0n) is 15.1. The highest BCUT2D eigenvalue weighted by atomic mass is 32.1. The number of nitrogens with zero attached hydrogens (tertiary/aromatic N) is 4. The van der Waals surface area contributed by atoms with E-state index in [9.17, 15) is 14.0 Å². The Morgan fingerprint density at radius 3 is 3.04 bits per heavy atom. The van der Waals surface area contributed by atoms with Crippen LogP contribution in [0.5, 0.6) is 0 Å². The minimum atomic E-state index is -0.585. The number of rotatable bonds is 7. The van der Waals surface area contributed by atoms with E-state index in [4.69, 9.17) is 10.00 Å². The zero-order valence-corrected chi connectivity index (χ0v) is 16.0. The Bertz CT molecular complexity index is 926. The molecule has 1 atom stereocenters. The van der Waals surface area contributed by atoms with Crippen molar-refractivity contribution < 1.29 is 18.7 Å². The Morgan fingerprint density at radius 1 is 1.50 bits per heavy atom. The van der Waals surface area contributed by atoms with E-state index in [-0.39, 0.29) is 19.0 Å². The van der Waals surface area contributed by atoms with Crippen LogP contribution in [0.3, 0.4) is 0 Å². The molecule has 0 bridgehead atoms. The number of nitriles is 1. The van der Waals surface area contributed by atoms with Crippen molar-refractivity contribution in [2.75, 3.05) is 18.0 Å². The third-order valence-electron chi connectivity index (χ3n) is 4.09. The number of ether oxygens (including phenoxy) is 1. The summed E-state index contributed by atoms with van der Waals surface area (Å²) in [6, 6.07) is 6.51. The number of amides is 2. The smallest absolute Gasteiger partial charge is 0.414 e. The first-order valence-electron chi connectivity index (χ1n) is 8.69. The molecule has 1 aliphatic rings. The van der Waals surface area contributed by atoms with Crippen LogP contribution >= 0.6 is 11.3 Å². The lowest BCUT2D eigenvalue weighted by Gasteiger charge is -2.14. The van der Waals surface area contributed by atoms with Crippen molar-refractivity contribution in [2.45, 2.75) is 32.3 Å². The van der Waals surface area contributed by atoms with Crippen molar-refractivity contribution in [3.05, 3.63) is 29.0 Å². The first-order chi connectivity index (χ1) is 13.5. The van der Waals surface area contributed by atoms with Crippen LogP contribution in [0.15, 0.2) is 18.2 Å². The maximum atomic E-state index is 14.6. The molecule has 1 aliphatic heterocycles. The molecule has 1 N–H and O–H groups in total. The van der Waals surface area contributed by atoms with E-state index in [2.05, 4.69) is 21.6 Å². The molecule has 146 valence electrons. The fourth-order valence-electron chi connectivity index (χ4n) is 2.72. The standard InChI is InChI=1S/C18H18FN5O3S/c1-11(25)21-9-13-10-24(18(26)27-13)12-5-6-14(15(19)8-12)17-23-22-16(28-17)4-2-3-7-20/h5-6,8,13H,2-4,9-10H2,1H3,(H,21,25)/t13-/m0/s1. The van der Waals surface area contributed by atoms with Gasteiger partial charge in [-0.25, -0.2) is 9.18 Å². The van der Waals surface area contributed by atoms with E-state index in [1.165, 1.54) is 29.2 Å². The molecule has 1 fully saturated rings. The summed E-state index contributed by atoms with van der Waals surface area (Å²) < 4.78 is 19.8. The lowest BCUT2D eigenvalue weighted by molar-refractivity contribution is -0.119. The Morgan fingerprint density at radius 2 is 2.32 bits per heavy atom. The second-order valence-corrected chi connectivity index (χ2v) is 7.29. The van der Waals surface area contributed by atoms with E-state index in [0.29, 0.717) is 35.5 Å². The van der Waals surface area contributed by atoms with Crippen LogP contribution in [-0.4, -0.2) is 41.4 Å². The molecule has 0 aliphatic carbocycles. The van der Waals surface area contributed by atoms with Gasteiger partial charge in [-0.15, -0.1) is 10.2 Å². The van der Waals surface area contributed by atoms with Gasteiger partial charge in [0.2, 0.25) is 5.91 Å². The Kier molecular flexibility index (Phi) is 6.16.